The molecule has 3 nitrogen and oxygen atoms in total. The van der Waals surface area contributed by atoms with E-state index in [1.165, 1.54) is 5.56 Å². The molecule has 1 aromatic carbocycles. The Morgan fingerprint density at radius 3 is 2.69 bits per heavy atom. The van der Waals surface area contributed by atoms with Crippen molar-refractivity contribution in [3.8, 4) is 0 Å². The zero-order valence-electron chi connectivity index (χ0n) is 8.95. The Morgan fingerprint density at radius 2 is 2.06 bits per heavy atom. The van der Waals surface area contributed by atoms with Gasteiger partial charge in [0.2, 0.25) is 0 Å². The number of hydrogen-bond donors (Lipinski definition) is 1. The van der Waals surface area contributed by atoms with E-state index in [2.05, 4.69) is 17.1 Å². The third-order valence-electron chi connectivity index (χ3n) is 2.32. The molecule has 0 radical (unpaired) electrons. The molecule has 82 valence electrons. The number of imidazole rings is 1. The molecule has 0 saturated heterocycles. The van der Waals surface area contributed by atoms with E-state index < -0.39 is 0 Å². The molecule has 0 fully saturated rings. The molecule has 0 bridgehead atoms. The van der Waals surface area contributed by atoms with Gasteiger partial charge in [0.15, 0.2) is 0 Å². The second-order valence-corrected chi connectivity index (χ2v) is 3.56. The summed E-state index contributed by atoms with van der Waals surface area (Å²) in [6.45, 7) is 0.917. The summed E-state index contributed by atoms with van der Waals surface area (Å²) in [4.78, 5) is 4.00. The highest BCUT2D eigenvalue weighted by molar-refractivity contribution is 5.49. The quantitative estimate of drug-likeness (QED) is 0.844. The van der Waals surface area contributed by atoms with Gasteiger partial charge < -0.3 is 9.67 Å². The maximum Gasteiger partial charge on any atom is 0.0949 e. The van der Waals surface area contributed by atoms with Gasteiger partial charge in [-0.05, 0) is 11.1 Å². The number of aliphatic hydroxyl groups excluding tert-OH is 1. The summed E-state index contributed by atoms with van der Waals surface area (Å²) < 4.78 is 2.03. The van der Waals surface area contributed by atoms with Crippen LogP contribution in [0.3, 0.4) is 0 Å². The third-order valence-corrected chi connectivity index (χ3v) is 2.32. The minimum atomic E-state index is 0.0801. The third kappa shape index (κ3) is 2.81. The van der Waals surface area contributed by atoms with Gasteiger partial charge in [-0.15, -0.1) is 0 Å². The smallest absolute Gasteiger partial charge is 0.0949 e. The molecular formula is C13H14N2O. The van der Waals surface area contributed by atoms with Gasteiger partial charge in [-0.25, -0.2) is 4.98 Å². The van der Waals surface area contributed by atoms with Crippen LogP contribution in [-0.2, 0) is 6.54 Å². The van der Waals surface area contributed by atoms with Crippen molar-refractivity contribution in [3.63, 3.8) is 0 Å². The van der Waals surface area contributed by atoms with Crippen molar-refractivity contribution in [2.24, 2.45) is 0 Å². The van der Waals surface area contributed by atoms with Crippen LogP contribution in [0.5, 0.6) is 0 Å². The van der Waals surface area contributed by atoms with Crippen LogP contribution in [-0.4, -0.2) is 21.3 Å². The van der Waals surface area contributed by atoms with Crippen LogP contribution < -0.4 is 0 Å². The van der Waals surface area contributed by atoms with Gasteiger partial charge in [-0.2, -0.15) is 0 Å². The lowest BCUT2D eigenvalue weighted by atomic mass is 10.1. The lowest BCUT2D eigenvalue weighted by molar-refractivity contribution is 0.343. The fourth-order valence-electron chi connectivity index (χ4n) is 1.51. The van der Waals surface area contributed by atoms with E-state index in [4.69, 9.17) is 5.11 Å². The first kappa shape index (κ1) is 10.6. The summed E-state index contributed by atoms with van der Waals surface area (Å²) in [6, 6.07) is 8.24. The number of aliphatic hydroxyl groups is 1. The van der Waals surface area contributed by atoms with Crippen LogP contribution in [0, 0.1) is 0 Å². The molecule has 0 saturated carbocycles. The SMILES string of the molecule is OCC=Cc1ccc(Cn2ccnc2)cc1. The van der Waals surface area contributed by atoms with E-state index in [1.807, 2.05) is 29.0 Å². The van der Waals surface area contributed by atoms with Gasteiger partial charge >= 0.3 is 0 Å². The monoisotopic (exact) mass is 214 g/mol. The zero-order valence-corrected chi connectivity index (χ0v) is 8.95. The molecule has 0 aliphatic carbocycles. The fraction of sp³-hybridized carbons (Fsp3) is 0.154. The predicted octanol–water partition coefficient (Wildman–Crippen LogP) is 1.94. The first-order valence-corrected chi connectivity index (χ1v) is 5.20. The molecule has 2 rings (SSSR count). The van der Waals surface area contributed by atoms with Crippen LogP contribution in [0.1, 0.15) is 11.1 Å². The molecule has 0 aliphatic heterocycles. The van der Waals surface area contributed by atoms with Crippen LogP contribution in [0.4, 0.5) is 0 Å². The van der Waals surface area contributed by atoms with E-state index in [1.54, 1.807) is 18.6 Å². The highest BCUT2D eigenvalue weighted by Crippen LogP contribution is 2.07. The fourth-order valence-corrected chi connectivity index (χ4v) is 1.51. The molecule has 0 unspecified atom stereocenters. The van der Waals surface area contributed by atoms with Gasteiger partial charge in [-0.3, -0.25) is 0 Å². The van der Waals surface area contributed by atoms with E-state index >= 15 is 0 Å². The Labute approximate surface area is 94.7 Å². The highest BCUT2D eigenvalue weighted by Gasteiger charge is 1.94. The first-order valence-electron chi connectivity index (χ1n) is 5.20. The topological polar surface area (TPSA) is 38.0 Å². The summed E-state index contributed by atoms with van der Waals surface area (Å²) in [6.07, 6.45) is 9.16. The molecule has 1 N–H and O–H groups in total. The predicted molar refractivity (Wildman–Crippen MR) is 63.9 cm³/mol. The normalized spacial score (nSPS) is 11.1. The van der Waals surface area contributed by atoms with Gasteiger partial charge in [-0.1, -0.05) is 36.4 Å². The zero-order chi connectivity index (χ0) is 11.2. The van der Waals surface area contributed by atoms with E-state index in [-0.39, 0.29) is 6.61 Å². The minimum Gasteiger partial charge on any atom is -0.392 e. The summed E-state index contributed by atoms with van der Waals surface area (Å²) in [5, 5.41) is 8.66. The molecule has 0 spiro atoms. The van der Waals surface area contributed by atoms with Crippen molar-refractivity contribution in [2.45, 2.75) is 6.54 Å². The van der Waals surface area contributed by atoms with Gasteiger partial charge in [0.05, 0.1) is 12.9 Å². The molecule has 0 amide bonds. The number of aromatic nitrogens is 2. The van der Waals surface area contributed by atoms with Crippen LogP contribution >= 0.6 is 0 Å². The second-order valence-electron chi connectivity index (χ2n) is 3.56. The Hall–Kier alpha value is -1.87. The van der Waals surface area contributed by atoms with Gasteiger partial charge in [0.1, 0.15) is 0 Å². The number of nitrogens with zero attached hydrogens (tertiary/aromatic N) is 2. The molecule has 16 heavy (non-hydrogen) atoms. The Morgan fingerprint density at radius 1 is 1.25 bits per heavy atom. The van der Waals surface area contributed by atoms with Crippen LogP contribution in [0.15, 0.2) is 49.1 Å². The molecule has 3 heteroatoms. The maximum absolute atomic E-state index is 8.66. The minimum absolute atomic E-state index is 0.0801. The largest absolute Gasteiger partial charge is 0.392 e. The summed E-state index contributed by atoms with van der Waals surface area (Å²) in [5.74, 6) is 0. The average molecular weight is 214 g/mol. The Kier molecular flexibility index (Phi) is 3.51. The molecule has 2 aromatic rings. The molecule has 0 atom stereocenters. The Balaban J connectivity index is 2.05. The van der Waals surface area contributed by atoms with Crippen molar-refractivity contribution in [3.05, 3.63) is 60.2 Å². The van der Waals surface area contributed by atoms with Crippen molar-refractivity contribution in [1.29, 1.82) is 0 Å². The first-order chi connectivity index (χ1) is 7.88. The maximum atomic E-state index is 8.66. The van der Waals surface area contributed by atoms with Crippen molar-refractivity contribution < 1.29 is 5.11 Å². The molecule has 1 heterocycles. The van der Waals surface area contributed by atoms with E-state index in [0.717, 1.165) is 12.1 Å². The summed E-state index contributed by atoms with van der Waals surface area (Å²) >= 11 is 0. The van der Waals surface area contributed by atoms with E-state index in [0.29, 0.717) is 0 Å². The Bertz CT molecular complexity index is 443. The summed E-state index contributed by atoms with van der Waals surface area (Å²) in [5.41, 5.74) is 2.34. The average Bonchev–Trinajstić information content (AvgIpc) is 2.81. The second kappa shape index (κ2) is 5.28. The van der Waals surface area contributed by atoms with E-state index in [9.17, 15) is 0 Å². The highest BCUT2D eigenvalue weighted by atomic mass is 16.2. The lowest BCUT2D eigenvalue weighted by Gasteiger charge is -2.02. The van der Waals surface area contributed by atoms with Crippen molar-refractivity contribution in [2.75, 3.05) is 6.61 Å². The van der Waals surface area contributed by atoms with Gasteiger partial charge in [0.25, 0.3) is 0 Å². The summed E-state index contributed by atoms with van der Waals surface area (Å²) in [7, 11) is 0. The van der Waals surface area contributed by atoms with Crippen molar-refractivity contribution >= 4 is 6.08 Å². The standard InChI is InChI=1S/C13H14N2O/c16-9-1-2-12-3-5-13(6-4-12)10-15-8-7-14-11-15/h1-8,11,16H,9-10H2. The number of rotatable bonds is 4. The molecule has 1 aromatic heterocycles. The number of hydrogen-bond acceptors (Lipinski definition) is 2. The van der Waals surface area contributed by atoms with Crippen molar-refractivity contribution in [1.82, 2.24) is 9.55 Å². The molecule has 0 aliphatic rings. The van der Waals surface area contributed by atoms with Gasteiger partial charge in [0, 0.05) is 18.9 Å². The van der Waals surface area contributed by atoms with Crippen LogP contribution in [0.2, 0.25) is 0 Å². The van der Waals surface area contributed by atoms with Crippen LogP contribution in [0.25, 0.3) is 6.08 Å². The number of benzene rings is 1. The lowest BCUT2D eigenvalue weighted by Crippen LogP contribution is -1.95. The molecular weight excluding hydrogens is 200 g/mol.